The maximum absolute atomic E-state index is 5.28. The Morgan fingerprint density at radius 1 is 0.279 bits per heavy atom. The average molecular weight is 867 g/mol. The van der Waals surface area contributed by atoms with Gasteiger partial charge in [-0.05, 0) is 91.0 Å². The molecular formula is C64H42N4. The van der Waals surface area contributed by atoms with Gasteiger partial charge in [-0.25, -0.2) is 4.98 Å². The van der Waals surface area contributed by atoms with E-state index in [-0.39, 0.29) is 0 Å². The van der Waals surface area contributed by atoms with Crippen LogP contribution in [-0.4, -0.2) is 19.5 Å². The average Bonchev–Trinajstić information content (AvgIpc) is 3.92. The van der Waals surface area contributed by atoms with Gasteiger partial charge in [0.25, 0.3) is 0 Å². The zero-order valence-corrected chi connectivity index (χ0v) is 37.0. The predicted molar refractivity (Wildman–Crippen MR) is 279 cm³/mol. The fourth-order valence-electron chi connectivity index (χ4n) is 10.6. The largest absolute Gasteiger partial charge is 0.278 e. The fraction of sp³-hybridized carbons (Fsp3) is 0.0156. The number of hydrogen-bond donors (Lipinski definition) is 0. The molecule has 2 heterocycles. The van der Waals surface area contributed by atoms with Crippen molar-refractivity contribution in [2.45, 2.75) is 5.41 Å². The molecule has 0 radical (unpaired) electrons. The van der Waals surface area contributed by atoms with E-state index < -0.39 is 5.41 Å². The minimum Gasteiger partial charge on any atom is -0.278 e. The van der Waals surface area contributed by atoms with E-state index in [1.807, 2.05) is 12.1 Å². The number of hydrogen-bond acceptors (Lipinski definition) is 3. The van der Waals surface area contributed by atoms with E-state index in [1.54, 1.807) is 0 Å². The van der Waals surface area contributed by atoms with Crippen molar-refractivity contribution in [3.05, 3.63) is 277 Å². The summed E-state index contributed by atoms with van der Waals surface area (Å²) in [6.45, 7) is 0. The van der Waals surface area contributed by atoms with Gasteiger partial charge in [-0.2, -0.15) is 9.97 Å². The number of nitrogens with zero attached hydrogens (tertiary/aromatic N) is 4. The first-order valence-corrected chi connectivity index (χ1v) is 23.2. The predicted octanol–water partition coefficient (Wildman–Crippen LogP) is 15.7. The van der Waals surface area contributed by atoms with Gasteiger partial charge in [0.2, 0.25) is 5.95 Å². The first-order valence-electron chi connectivity index (χ1n) is 23.2. The van der Waals surface area contributed by atoms with Gasteiger partial charge in [0, 0.05) is 21.9 Å². The third kappa shape index (κ3) is 6.41. The van der Waals surface area contributed by atoms with E-state index in [4.69, 9.17) is 15.0 Å². The highest BCUT2D eigenvalue weighted by molar-refractivity contribution is 6.10. The van der Waals surface area contributed by atoms with Gasteiger partial charge in [0.15, 0.2) is 11.6 Å². The Hall–Kier alpha value is -8.99. The minimum absolute atomic E-state index is 0.444. The smallest absolute Gasteiger partial charge is 0.238 e. The molecule has 0 saturated heterocycles. The van der Waals surface area contributed by atoms with Crippen LogP contribution < -0.4 is 0 Å². The summed E-state index contributed by atoms with van der Waals surface area (Å²) in [7, 11) is 0. The zero-order valence-electron chi connectivity index (χ0n) is 37.0. The van der Waals surface area contributed by atoms with Gasteiger partial charge in [0.1, 0.15) is 0 Å². The van der Waals surface area contributed by atoms with Crippen LogP contribution in [-0.2, 0) is 5.41 Å². The van der Waals surface area contributed by atoms with Crippen LogP contribution in [0, 0.1) is 0 Å². The van der Waals surface area contributed by atoms with Crippen molar-refractivity contribution in [2.75, 3.05) is 0 Å². The van der Waals surface area contributed by atoms with E-state index >= 15 is 0 Å². The molecule has 0 saturated carbocycles. The molecule has 0 bridgehead atoms. The Morgan fingerprint density at radius 3 is 1.31 bits per heavy atom. The molecule has 0 aliphatic heterocycles. The van der Waals surface area contributed by atoms with E-state index in [0.717, 1.165) is 66.3 Å². The minimum atomic E-state index is -0.444. The Labute approximate surface area is 395 Å². The third-order valence-corrected chi connectivity index (χ3v) is 13.8. The van der Waals surface area contributed by atoms with Crippen LogP contribution in [0.5, 0.6) is 0 Å². The highest BCUT2D eigenvalue weighted by atomic mass is 15.2. The maximum Gasteiger partial charge on any atom is 0.238 e. The lowest BCUT2D eigenvalue weighted by atomic mass is 9.67. The first kappa shape index (κ1) is 39.4. The topological polar surface area (TPSA) is 43.6 Å². The molecule has 10 aromatic carbocycles. The van der Waals surface area contributed by atoms with E-state index in [0.29, 0.717) is 17.6 Å². The van der Waals surface area contributed by atoms with Crippen LogP contribution >= 0.6 is 0 Å². The number of para-hydroxylation sites is 1. The number of aromatic nitrogens is 4. The molecule has 2 aromatic heterocycles. The Balaban J connectivity index is 0.961. The molecule has 68 heavy (non-hydrogen) atoms. The van der Waals surface area contributed by atoms with Gasteiger partial charge >= 0.3 is 0 Å². The van der Waals surface area contributed by atoms with Crippen molar-refractivity contribution < 1.29 is 0 Å². The van der Waals surface area contributed by atoms with Gasteiger partial charge in [-0.1, -0.05) is 231 Å². The molecule has 1 aliphatic carbocycles. The van der Waals surface area contributed by atoms with Gasteiger partial charge < -0.3 is 0 Å². The summed E-state index contributed by atoms with van der Waals surface area (Å²) in [6.07, 6.45) is 0. The second kappa shape index (κ2) is 16.2. The third-order valence-electron chi connectivity index (χ3n) is 13.8. The standard InChI is InChI=1S/C64H42N4/c1-5-17-43(18-6-1)45-29-33-47(34-30-45)61-65-62(48-35-31-46(32-36-48)44-19-7-2-8-20-44)67-63(66-61)68-59-28-16-14-26-54(59)56-42-50(38-40-60(56)68)49-37-39-58-55(41-49)53-25-13-15-27-57(53)64(58,51-21-9-3-10-22-51)52-23-11-4-12-24-52/h1-42H. The maximum atomic E-state index is 5.28. The molecule has 0 atom stereocenters. The summed E-state index contributed by atoms with van der Waals surface area (Å²) < 4.78 is 2.20. The van der Waals surface area contributed by atoms with Crippen LogP contribution in [0.25, 0.3) is 95.0 Å². The SMILES string of the molecule is c1ccc(-c2ccc(-c3nc(-c4ccc(-c5ccccc5)cc4)nc(-n4c5ccccc5c5cc(-c6ccc7c(c6)-c6ccccc6C7(c6ccccc6)c6ccccc6)ccc54)n3)cc2)cc1. The summed E-state index contributed by atoms with van der Waals surface area (Å²) >= 11 is 0. The van der Waals surface area contributed by atoms with Gasteiger partial charge in [-0.3, -0.25) is 4.57 Å². The first-order chi connectivity index (χ1) is 33.7. The van der Waals surface area contributed by atoms with Crippen LogP contribution in [0.15, 0.2) is 255 Å². The second-order valence-electron chi connectivity index (χ2n) is 17.5. The van der Waals surface area contributed by atoms with Crippen LogP contribution in [0.4, 0.5) is 0 Å². The molecule has 4 nitrogen and oxygen atoms in total. The second-order valence-corrected chi connectivity index (χ2v) is 17.5. The van der Waals surface area contributed by atoms with E-state index in [2.05, 4.69) is 247 Å². The number of benzene rings is 10. The van der Waals surface area contributed by atoms with Gasteiger partial charge in [-0.15, -0.1) is 0 Å². The highest BCUT2D eigenvalue weighted by Crippen LogP contribution is 2.56. The molecule has 1 aliphatic rings. The van der Waals surface area contributed by atoms with Crippen molar-refractivity contribution in [3.8, 4) is 73.2 Å². The summed E-state index contributed by atoms with van der Waals surface area (Å²) in [4.78, 5) is 15.7. The molecule has 4 heteroatoms. The Bertz CT molecular complexity index is 3670. The summed E-state index contributed by atoms with van der Waals surface area (Å²) in [5.74, 6) is 1.79. The molecule has 0 spiro atoms. The summed E-state index contributed by atoms with van der Waals surface area (Å²) in [5, 5.41) is 2.26. The molecule has 13 rings (SSSR count). The van der Waals surface area contributed by atoms with Gasteiger partial charge in [0.05, 0.1) is 16.4 Å². The lowest BCUT2D eigenvalue weighted by Gasteiger charge is -2.33. The molecule has 318 valence electrons. The lowest BCUT2D eigenvalue weighted by Crippen LogP contribution is -2.28. The lowest BCUT2D eigenvalue weighted by molar-refractivity contribution is 0.768. The van der Waals surface area contributed by atoms with Crippen molar-refractivity contribution >= 4 is 21.8 Å². The Morgan fingerprint density at radius 2 is 0.706 bits per heavy atom. The van der Waals surface area contributed by atoms with E-state index in [9.17, 15) is 0 Å². The molecule has 0 unspecified atom stereocenters. The zero-order chi connectivity index (χ0) is 45.0. The van der Waals surface area contributed by atoms with Crippen molar-refractivity contribution in [2.24, 2.45) is 0 Å². The quantitative estimate of drug-likeness (QED) is 0.153. The number of fused-ring (bicyclic) bond motifs is 6. The number of rotatable bonds is 8. The molecule has 0 amide bonds. The molecule has 0 N–H and O–H groups in total. The van der Waals surface area contributed by atoms with Crippen molar-refractivity contribution in [1.82, 2.24) is 19.5 Å². The van der Waals surface area contributed by atoms with Crippen LogP contribution in [0.3, 0.4) is 0 Å². The van der Waals surface area contributed by atoms with Crippen molar-refractivity contribution in [3.63, 3.8) is 0 Å². The highest BCUT2D eigenvalue weighted by Gasteiger charge is 2.46. The normalized spacial score (nSPS) is 12.5. The van der Waals surface area contributed by atoms with E-state index in [1.165, 1.54) is 33.4 Å². The summed E-state index contributed by atoms with van der Waals surface area (Å²) in [5.41, 5.74) is 18.0. The Kier molecular flexibility index (Phi) is 9.36. The molecule has 12 aromatic rings. The fourth-order valence-corrected chi connectivity index (χ4v) is 10.6. The van der Waals surface area contributed by atoms with Crippen molar-refractivity contribution in [1.29, 1.82) is 0 Å². The monoisotopic (exact) mass is 866 g/mol. The van der Waals surface area contributed by atoms with Crippen LogP contribution in [0.2, 0.25) is 0 Å². The van der Waals surface area contributed by atoms with Crippen LogP contribution in [0.1, 0.15) is 22.3 Å². The molecule has 0 fully saturated rings. The molecular weight excluding hydrogens is 825 g/mol. The summed E-state index contributed by atoms with van der Waals surface area (Å²) in [6, 6.07) is 91.3.